The molecular weight excluding hydrogens is 370 g/mol. The summed E-state index contributed by atoms with van der Waals surface area (Å²) < 4.78 is 2.20. The number of nitrogens with one attached hydrogen (secondary N) is 1. The Hall–Kier alpha value is -3.79. The maximum Gasteiger partial charge on any atom is 0.322 e. The predicted octanol–water partition coefficient (Wildman–Crippen LogP) is 5.92. The van der Waals surface area contributed by atoms with E-state index in [9.17, 15) is 4.79 Å². The molecule has 2 heterocycles. The third kappa shape index (κ3) is 3.26. The van der Waals surface area contributed by atoms with Crippen molar-refractivity contribution in [2.45, 2.75) is 19.5 Å². The van der Waals surface area contributed by atoms with Crippen molar-refractivity contribution in [3.63, 3.8) is 0 Å². The van der Waals surface area contributed by atoms with Gasteiger partial charge in [-0.05, 0) is 53.9 Å². The van der Waals surface area contributed by atoms with Crippen molar-refractivity contribution >= 4 is 11.7 Å². The number of hydrogen-bond donors (Lipinski definition) is 1. The Morgan fingerprint density at radius 1 is 0.900 bits per heavy atom. The average molecular weight is 393 g/mol. The normalized spacial score (nSPS) is 15.1. The van der Waals surface area contributed by atoms with E-state index in [4.69, 9.17) is 0 Å². The first-order valence-corrected chi connectivity index (χ1v) is 10.2. The number of fused-ring (bicyclic) bond motifs is 3. The van der Waals surface area contributed by atoms with Crippen LogP contribution in [0, 0.1) is 6.92 Å². The predicted molar refractivity (Wildman–Crippen MR) is 120 cm³/mol. The Morgan fingerprint density at radius 3 is 2.53 bits per heavy atom. The summed E-state index contributed by atoms with van der Waals surface area (Å²) in [6, 6.07) is 30.3. The molecule has 5 rings (SSSR count). The quantitative estimate of drug-likeness (QED) is 0.451. The lowest BCUT2D eigenvalue weighted by atomic mass is 10.0. The van der Waals surface area contributed by atoms with Gasteiger partial charge in [0, 0.05) is 17.6 Å². The largest absolute Gasteiger partial charge is 0.322 e. The number of para-hydroxylation sites is 1. The van der Waals surface area contributed by atoms with Gasteiger partial charge in [0.05, 0.1) is 18.3 Å². The summed E-state index contributed by atoms with van der Waals surface area (Å²) in [5, 5.41) is 3.11. The van der Waals surface area contributed by atoms with Gasteiger partial charge in [-0.1, -0.05) is 60.7 Å². The minimum absolute atomic E-state index is 0.112. The van der Waals surface area contributed by atoms with Crippen LogP contribution < -0.4 is 5.32 Å². The molecule has 0 fully saturated rings. The molecular formula is C26H23N3O. The van der Waals surface area contributed by atoms with E-state index in [1.54, 1.807) is 0 Å². The van der Waals surface area contributed by atoms with Crippen LogP contribution in [0.3, 0.4) is 0 Å². The lowest BCUT2D eigenvalue weighted by molar-refractivity contribution is 0.194. The van der Waals surface area contributed by atoms with Crippen LogP contribution in [0.25, 0.3) is 5.69 Å². The molecule has 3 aromatic carbocycles. The van der Waals surface area contributed by atoms with Crippen molar-refractivity contribution in [3.05, 3.63) is 120 Å². The Kier molecular flexibility index (Phi) is 4.60. The fourth-order valence-electron chi connectivity index (χ4n) is 4.24. The monoisotopic (exact) mass is 393 g/mol. The van der Waals surface area contributed by atoms with Gasteiger partial charge in [-0.3, -0.25) is 0 Å². The number of benzene rings is 3. The number of amides is 2. The van der Waals surface area contributed by atoms with Gasteiger partial charge in [0.15, 0.2) is 0 Å². The molecule has 0 bridgehead atoms. The molecule has 1 N–H and O–H groups in total. The maximum atomic E-state index is 13.6. The summed E-state index contributed by atoms with van der Waals surface area (Å²) in [6.07, 6.45) is 2.08. The smallest absolute Gasteiger partial charge is 0.318 e. The molecule has 1 aliphatic heterocycles. The molecule has 4 aromatic rings. The fourth-order valence-corrected chi connectivity index (χ4v) is 4.24. The van der Waals surface area contributed by atoms with Gasteiger partial charge in [-0.15, -0.1) is 0 Å². The van der Waals surface area contributed by atoms with Crippen molar-refractivity contribution < 1.29 is 4.79 Å². The Labute approximate surface area is 176 Å². The van der Waals surface area contributed by atoms with Crippen LogP contribution in [0.15, 0.2) is 97.2 Å². The van der Waals surface area contributed by atoms with Crippen molar-refractivity contribution in [1.29, 1.82) is 0 Å². The first-order valence-electron chi connectivity index (χ1n) is 10.2. The van der Waals surface area contributed by atoms with Crippen molar-refractivity contribution in [2.75, 3.05) is 5.32 Å². The Morgan fingerprint density at radius 2 is 1.70 bits per heavy atom. The SMILES string of the molecule is Cc1cccc(NC(=O)N2Cc3ccccc3-n3cccc3[C@@H]2c2ccccc2)c1. The van der Waals surface area contributed by atoms with E-state index in [-0.39, 0.29) is 12.1 Å². The van der Waals surface area contributed by atoms with Gasteiger partial charge in [0.2, 0.25) is 0 Å². The Bertz CT molecular complexity index is 1200. The van der Waals surface area contributed by atoms with Gasteiger partial charge >= 0.3 is 6.03 Å². The van der Waals surface area contributed by atoms with Crippen LogP contribution in [0.5, 0.6) is 0 Å². The number of carbonyl (C=O) groups is 1. The zero-order valence-electron chi connectivity index (χ0n) is 16.8. The molecule has 30 heavy (non-hydrogen) atoms. The van der Waals surface area contributed by atoms with Gasteiger partial charge in [-0.25, -0.2) is 4.79 Å². The second-order valence-corrected chi connectivity index (χ2v) is 7.67. The zero-order valence-corrected chi connectivity index (χ0v) is 16.8. The fraction of sp³-hybridized carbons (Fsp3) is 0.115. The van der Waals surface area contributed by atoms with E-state index in [1.165, 1.54) is 0 Å². The molecule has 1 aliphatic rings. The van der Waals surface area contributed by atoms with Crippen LogP contribution in [0.1, 0.15) is 28.4 Å². The zero-order chi connectivity index (χ0) is 20.5. The molecule has 4 nitrogen and oxygen atoms in total. The van der Waals surface area contributed by atoms with Gasteiger partial charge < -0.3 is 14.8 Å². The molecule has 0 aliphatic carbocycles. The number of carbonyl (C=O) groups excluding carboxylic acids is 1. The van der Waals surface area contributed by atoms with E-state index in [1.807, 2.05) is 72.5 Å². The second kappa shape index (κ2) is 7.56. The average Bonchev–Trinajstić information content (AvgIpc) is 3.18. The molecule has 1 atom stereocenters. The highest BCUT2D eigenvalue weighted by molar-refractivity contribution is 5.90. The van der Waals surface area contributed by atoms with Crippen LogP contribution in [0.2, 0.25) is 0 Å². The van der Waals surface area contributed by atoms with Crippen molar-refractivity contribution in [1.82, 2.24) is 9.47 Å². The van der Waals surface area contributed by atoms with Crippen molar-refractivity contribution in [2.24, 2.45) is 0 Å². The number of anilines is 1. The molecule has 0 saturated heterocycles. The summed E-state index contributed by atoms with van der Waals surface area (Å²) in [7, 11) is 0. The molecule has 0 saturated carbocycles. The standard InChI is InChI=1S/C26H23N3O/c1-19-9-7-13-22(17-19)27-26(30)29-18-21-12-5-6-14-23(21)28-16-8-15-24(28)25(29)20-10-3-2-4-11-20/h2-17,25H,18H2,1H3,(H,27,30)/t25-/m0/s1. The third-order valence-corrected chi connectivity index (χ3v) is 5.61. The molecule has 4 heteroatoms. The maximum absolute atomic E-state index is 13.6. The highest BCUT2D eigenvalue weighted by Crippen LogP contribution is 2.36. The van der Waals surface area contributed by atoms with E-state index >= 15 is 0 Å². The summed E-state index contributed by atoms with van der Waals surface area (Å²) in [4.78, 5) is 15.5. The molecule has 0 spiro atoms. The van der Waals surface area contributed by atoms with E-state index in [2.05, 4.69) is 46.4 Å². The minimum Gasteiger partial charge on any atom is -0.318 e. The van der Waals surface area contributed by atoms with Gasteiger partial charge in [0.25, 0.3) is 0 Å². The van der Waals surface area contributed by atoms with Gasteiger partial charge in [0.1, 0.15) is 0 Å². The van der Waals surface area contributed by atoms with Crippen molar-refractivity contribution in [3.8, 4) is 5.69 Å². The number of aryl methyl sites for hydroxylation is 1. The number of hydrogen-bond acceptors (Lipinski definition) is 1. The number of rotatable bonds is 2. The molecule has 0 radical (unpaired) electrons. The number of urea groups is 1. The van der Waals surface area contributed by atoms with Crippen LogP contribution in [0.4, 0.5) is 10.5 Å². The third-order valence-electron chi connectivity index (χ3n) is 5.61. The van der Waals surface area contributed by atoms with Crippen LogP contribution >= 0.6 is 0 Å². The minimum atomic E-state index is -0.196. The topological polar surface area (TPSA) is 37.3 Å². The van der Waals surface area contributed by atoms with E-state index in [0.717, 1.165) is 33.8 Å². The lowest BCUT2D eigenvalue weighted by Crippen LogP contribution is -2.37. The molecule has 2 amide bonds. The second-order valence-electron chi connectivity index (χ2n) is 7.67. The van der Waals surface area contributed by atoms with E-state index in [0.29, 0.717) is 6.54 Å². The highest BCUT2D eigenvalue weighted by Gasteiger charge is 2.32. The first-order chi connectivity index (χ1) is 14.7. The summed E-state index contributed by atoms with van der Waals surface area (Å²) in [5.74, 6) is 0. The van der Waals surface area contributed by atoms with Crippen LogP contribution in [-0.4, -0.2) is 15.5 Å². The number of nitrogens with zero attached hydrogens (tertiary/aromatic N) is 2. The lowest BCUT2D eigenvalue weighted by Gasteiger charge is -2.31. The number of aromatic nitrogens is 1. The summed E-state index contributed by atoms with van der Waals surface area (Å²) in [6.45, 7) is 2.55. The molecule has 0 unspecified atom stereocenters. The first kappa shape index (κ1) is 18.3. The summed E-state index contributed by atoms with van der Waals surface area (Å²) >= 11 is 0. The summed E-state index contributed by atoms with van der Waals surface area (Å²) in [5.41, 5.74) is 6.31. The Balaban J connectivity index is 1.63. The highest BCUT2D eigenvalue weighted by atomic mass is 16.2. The molecule has 1 aromatic heterocycles. The van der Waals surface area contributed by atoms with E-state index < -0.39 is 0 Å². The van der Waals surface area contributed by atoms with Gasteiger partial charge in [-0.2, -0.15) is 0 Å². The van der Waals surface area contributed by atoms with Crippen LogP contribution in [-0.2, 0) is 6.54 Å². The molecule has 148 valence electrons.